The molecule has 0 saturated carbocycles. The highest BCUT2D eigenvalue weighted by Crippen LogP contribution is 2.20. The number of carbonyl (C=O) groups excluding carboxylic acids is 2. The quantitative estimate of drug-likeness (QED) is 0.680. The predicted molar refractivity (Wildman–Crippen MR) is 83.8 cm³/mol. The molecule has 2 unspecified atom stereocenters. The highest BCUT2D eigenvalue weighted by molar-refractivity contribution is 5.95. The van der Waals surface area contributed by atoms with E-state index in [0.29, 0.717) is 31.0 Å². The van der Waals surface area contributed by atoms with Crippen LogP contribution in [0, 0.1) is 11.8 Å². The molecule has 4 N–H and O–H groups in total. The number of urea groups is 1. The van der Waals surface area contributed by atoms with E-state index in [1.54, 1.807) is 0 Å². The fourth-order valence-corrected chi connectivity index (χ4v) is 2.54. The average Bonchev–Trinajstić information content (AvgIpc) is 2.40. The SMILES string of the molecule is CC(C)CCNC(=O)NC(=O)CN1CC(CN)CCC1C. The summed E-state index contributed by atoms with van der Waals surface area (Å²) in [5.41, 5.74) is 5.71. The van der Waals surface area contributed by atoms with Gasteiger partial charge in [-0.3, -0.25) is 15.0 Å². The summed E-state index contributed by atoms with van der Waals surface area (Å²) >= 11 is 0. The molecular formula is C15H30N4O2. The number of hydrogen-bond acceptors (Lipinski definition) is 4. The Kier molecular flexibility index (Phi) is 7.67. The number of carbonyl (C=O) groups is 2. The molecule has 0 aromatic carbocycles. The van der Waals surface area contributed by atoms with E-state index >= 15 is 0 Å². The van der Waals surface area contributed by atoms with Crippen LogP contribution in [0.1, 0.15) is 40.0 Å². The number of nitrogens with one attached hydrogen (secondary N) is 2. The van der Waals surface area contributed by atoms with Gasteiger partial charge in [0.25, 0.3) is 0 Å². The standard InChI is InChI=1S/C15H30N4O2/c1-11(2)6-7-17-15(21)18-14(20)10-19-9-13(8-16)5-4-12(19)3/h11-13H,4-10,16H2,1-3H3,(H2,17,18,20,21). The molecule has 122 valence electrons. The second kappa shape index (κ2) is 9.00. The Hall–Kier alpha value is -1.14. The lowest BCUT2D eigenvalue weighted by Gasteiger charge is -2.37. The van der Waals surface area contributed by atoms with Crippen molar-refractivity contribution in [2.45, 2.75) is 46.1 Å². The number of hydrogen-bond donors (Lipinski definition) is 3. The van der Waals surface area contributed by atoms with Gasteiger partial charge in [-0.05, 0) is 44.6 Å². The minimum atomic E-state index is -0.402. The Balaban J connectivity index is 2.30. The van der Waals surface area contributed by atoms with E-state index in [1.807, 2.05) is 0 Å². The lowest BCUT2D eigenvalue weighted by Crippen LogP contribution is -2.50. The fourth-order valence-electron chi connectivity index (χ4n) is 2.54. The molecule has 1 heterocycles. The van der Waals surface area contributed by atoms with Crippen molar-refractivity contribution in [1.82, 2.24) is 15.5 Å². The number of nitrogens with zero attached hydrogens (tertiary/aromatic N) is 1. The molecule has 1 aliphatic heterocycles. The van der Waals surface area contributed by atoms with E-state index in [9.17, 15) is 9.59 Å². The smallest absolute Gasteiger partial charge is 0.321 e. The molecule has 0 bridgehead atoms. The third-order valence-electron chi connectivity index (χ3n) is 4.05. The van der Waals surface area contributed by atoms with Crippen molar-refractivity contribution in [2.24, 2.45) is 17.6 Å². The molecule has 6 heteroatoms. The summed E-state index contributed by atoms with van der Waals surface area (Å²) in [6, 6.07) is -0.0387. The highest BCUT2D eigenvalue weighted by Gasteiger charge is 2.26. The molecule has 1 aliphatic rings. The number of rotatable bonds is 6. The molecule has 1 fully saturated rings. The van der Waals surface area contributed by atoms with Crippen LogP contribution in [0.5, 0.6) is 0 Å². The number of piperidine rings is 1. The summed E-state index contributed by atoms with van der Waals surface area (Å²) in [5, 5.41) is 5.10. The summed E-state index contributed by atoms with van der Waals surface area (Å²) in [7, 11) is 0. The van der Waals surface area contributed by atoms with Gasteiger partial charge in [0.2, 0.25) is 5.91 Å². The van der Waals surface area contributed by atoms with Gasteiger partial charge in [0, 0.05) is 19.1 Å². The van der Waals surface area contributed by atoms with Crippen LogP contribution in [0.25, 0.3) is 0 Å². The third kappa shape index (κ3) is 6.91. The average molecular weight is 298 g/mol. The molecule has 0 radical (unpaired) electrons. The van der Waals surface area contributed by atoms with Gasteiger partial charge in [-0.15, -0.1) is 0 Å². The van der Waals surface area contributed by atoms with Gasteiger partial charge in [0.05, 0.1) is 6.54 Å². The predicted octanol–water partition coefficient (Wildman–Crippen LogP) is 0.918. The maximum Gasteiger partial charge on any atom is 0.321 e. The van der Waals surface area contributed by atoms with Crippen molar-refractivity contribution in [3.05, 3.63) is 0 Å². The topological polar surface area (TPSA) is 87.5 Å². The minimum Gasteiger partial charge on any atom is -0.338 e. The van der Waals surface area contributed by atoms with Crippen LogP contribution in [-0.4, -0.2) is 49.1 Å². The van der Waals surface area contributed by atoms with Crippen LogP contribution >= 0.6 is 0 Å². The molecule has 6 nitrogen and oxygen atoms in total. The maximum absolute atomic E-state index is 11.9. The molecule has 1 saturated heterocycles. The molecule has 21 heavy (non-hydrogen) atoms. The Morgan fingerprint density at radius 1 is 1.33 bits per heavy atom. The van der Waals surface area contributed by atoms with E-state index in [1.165, 1.54) is 0 Å². The van der Waals surface area contributed by atoms with Gasteiger partial charge >= 0.3 is 6.03 Å². The van der Waals surface area contributed by atoms with E-state index in [2.05, 4.69) is 36.3 Å². The third-order valence-corrected chi connectivity index (χ3v) is 4.05. The van der Waals surface area contributed by atoms with Crippen molar-refractivity contribution in [3.8, 4) is 0 Å². The van der Waals surface area contributed by atoms with Crippen molar-refractivity contribution in [3.63, 3.8) is 0 Å². The monoisotopic (exact) mass is 298 g/mol. The Morgan fingerprint density at radius 2 is 2.05 bits per heavy atom. The van der Waals surface area contributed by atoms with Gasteiger partial charge in [-0.25, -0.2) is 4.79 Å². The summed E-state index contributed by atoms with van der Waals surface area (Å²) < 4.78 is 0. The zero-order valence-corrected chi connectivity index (χ0v) is 13.5. The number of imide groups is 1. The second-order valence-electron chi connectivity index (χ2n) is 6.44. The first-order valence-corrected chi connectivity index (χ1v) is 7.94. The van der Waals surface area contributed by atoms with E-state index in [0.717, 1.165) is 25.8 Å². The lowest BCUT2D eigenvalue weighted by atomic mass is 9.93. The van der Waals surface area contributed by atoms with Gasteiger partial charge in [0.15, 0.2) is 0 Å². The zero-order valence-electron chi connectivity index (χ0n) is 13.5. The Bertz CT molecular complexity index is 347. The molecule has 0 aromatic rings. The number of likely N-dealkylation sites (tertiary alicyclic amines) is 1. The van der Waals surface area contributed by atoms with Gasteiger partial charge < -0.3 is 11.1 Å². The van der Waals surface area contributed by atoms with E-state index < -0.39 is 6.03 Å². The first-order valence-electron chi connectivity index (χ1n) is 7.94. The molecule has 0 aromatic heterocycles. The first-order chi connectivity index (χ1) is 9.92. The van der Waals surface area contributed by atoms with Crippen molar-refractivity contribution < 1.29 is 9.59 Å². The van der Waals surface area contributed by atoms with Crippen molar-refractivity contribution in [2.75, 3.05) is 26.2 Å². The maximum atomic E-state index is 11.9. The van der Waals surface area contributed by atoms with Crippen molar-refractivity contribution >= 4 is 11.9 Å². The lowest BCUT2D eigenvalue weighted by molar-refractivity contribution is -0.122. The highest BCUT2D eigenvalue weighted by atomic mass is 16.2. The molecule has 1 rings (SSSR count). The Morgan fingerprint density at radius 3 is 2.67 bits per heavy atom. The van der Waals surface area contributed by atoms with Gasteiger partial charge in [0.1, 0.15) is 0 Å². The van der Waals surface area contributed by atoms with Crippen molar-refractivity contribution in [1.29, 1.82) is 0 Å². The van der Waals surface area contributed by atoms with E-state index in [-0.39, 0.29) is 12.5 Å². The van der Waals surface area contributed by atoms with Crippen LogP contribution in [-0.2, 0) is 4.79 Å². The summed E-state index contributed by atoms with van der Waals surface area (Å²) in [6.45, 7) is 8.64. The summed E-state index contributed by atoms with van der Waals surface area (Å²) in [5.74, 6) is 0.735. The van der Waals surface area contributed by atoms with Crippen LogP contribution < -0.4 is 16.4 Å². The van der Waals surface area contributed by atoms with Crippen LogP contribution in [0.3, 0.4) is 0 Å². The van der Waals surface area contributed by atoms with Crippen LogP contribution in [0.2, 0.25) is 0 Å². The van der Waals surface area contributed by atoms with Crippen LogP contribution in [0.15, 0.2) is 0 Å². The molecule has 0 spiro atoms. The van der Waals surface area contributed by atoms with Gasteiger partial charge in [-0.1, -0.05) is 13.8 Å². The molecule has 2 atom stereocenters. The molecular weight excluding hydrogens is 268 g/mol. The summed E-state index contributed by atoms with van der Waals surface area (Å²) in [4.78, 5) is 25.6. The number of nitrogens with two attached hydrogens (primary N) is 1. The largest absolute Gasteiger partial charge is 0.338 e. The minimum absolute atomic E-state index is 0.249. The van der Waals surface area contributed by atoms with Crippen LogP contribution in [0.4, 0.5) is 4.79 Å². The number of amides is 3. The zero-order chi connectivity index (χ0) is 15.8. The molecule has 0 aliphatic carbocycles. The van der Waals surface area contributed by atoms with E-state index in [4.69, 9.17) is 5.73 Å². The first kappa shape index (κ1) is 17.9. The molecule has 3 amide bonds. The Labute approximate surface area is 127 Å². The summed E-state index contributed by atoms with van der Waals surface area (Å²) in [6.07, 6.45) is 3.07. The normalized spacial score (nSPS) is 23.1. The van der Waals surface area contributed by atoms with Gasteiger partial charge in [-0.2, -0.15) is 0 Å². The fraction of sp³-hybridized carbons (Fsp3) is 0.867. The second-order valence-corrected chi connectivity index (χ2v) is 6.44.